The van der Waals surface area contributed by atoms with Gasteiger partial charge in [0.1, 0.15) is 11.5 Å². The topological polar surface area (TPSA) is 30.5 Å². The molecule has 0 spiro atoms. The maximum atomic E-state index is 5.74. The zero-order valence-corrected chi connectivity index (χ0v) is 11.4. The highest BCUT2D eigenvalue weighted by Crippen LogP contribution is 2.24. The Balaban J connectivity index is 2.69. The average molecular weight is 249 g/mol. The molecule has 1 N–H and O–H groups in total. The molecule has 0 saturated heterocycles. The van der Waals surface area contributed by atoms with Gasteiger partial charge in [-0.1, -0.05) is 13.0 Å². The minimum absolute atomic E-state index is 0.663. The van der Waals surface area contributed by atoms with Gasteiger partial charge in [-0.25, -0.2) is 0 Å². The van der Waals surface area contributed by atoms with Crippen LogP contribution in [0.3, 0.4) is 0 Å². The van der Waals surface area contributed by atoms with Crippen molar-refractivity contribution in [1.29, 1.82) is 0 Å². The molecule has 0 amide bonds. The number of methoxy groups -OCH3 is 1. The largest absolute Gasteiger partial charge is 0.497 e. The molecule has 3 nitrogen and oxygen atoms in total. The second-order valence-electron chi connectivity index (χ2n) is 4.08. The fraction of sp³-hybridized carbons (Fsp3) is 0.467. The van der Waals surface area contributed by atoms with E-state index in [0.717, 1.165) is 43.0 Å². The van der Waals surface area contributed by atoms with Crippen LogP contribution in [0.5, 0.6) is 11.5 Å². The molecule has 3 heteroatoms. The van der Waals surface area contributed by atoms with Crippen molar-refractivity contribution >= 4 is 0 Å². The van der Waals surface area contributed by atoms with Crippen molar-refractivity contribution in [3.63, 3.8) is 0 Å². The molecule has 1 aromatic carbocycles. The molecule has 0 aliphatic rings. The van der Waals surface area contributed by atoms with Crippen molar-refractivity contribution in [3.05, 3.63) is 36.4 Å². The zero-order chi connectivity index (χ0) is 13.2. The first-order valence-electron chi connectivity index (χ1n) is 6.43. The summed E-state index contributed by atoms with van der Waals surface area (Å²) in [6, 6.07) is 5.91. The smallest absolute Gasteiger partial charge is 0.124 e. The third-order valence-electron chi connectivity index (χ3n) is 2.59. The molecule has 0 aliphatic heterocycles. The van der Waals surface area contributed by atoms with Gasteiger partial charge in [-0.2, -0.15) is 0 Å². The van der Waals surface area contributed by atoms with Gasteiger partial charge in [0.05, 0.1) is 13.7 Å². The number of rotatable bonds is 9. The predicted octanol–water partition coefficient (Wildman–Crippen LogP) is 3.15. The van der Waals surface area contributed by atoms with Crippen molar-refractivity contribution in [2.75, 3.05) is 20.3 Å². The van der Waals surface area contributed by atoms with Crippen LogP contribution in [0, 0.1) is 0 Å². The van der Waals surface area contributed by atoms with Gasteiger partial charge in [0.2, 0.25) is 0 Å². The van der Waals surface area contributed by atoms with Crippen LogP contribution in [-0.2, 0) is 6.54 Å². The Labute approximate surface area is 110 Å². The molecule has 0 atom stereocenters. The van der Waals surface area contributed by atoms with Crippen molar-refractivity contribution in [2.24, 2.45) is 0 Å². The monoisotopic (exact) mass is 249 g/mol. The summed E-state index contributed by atoms with van der Waals surface area (Å²) in [5.41, 5.74) is 1.13. The van der Waals surface area contributed by atoms with E-state index in [1.807, 2.05) is 24.3 Å². The molecule has 0 heterocycles. The van der Waals surface area contributed by atoms with Gasteiger partial charge in [-0.05, 0) is 37.6 Å². The summed E-state index contributed by atoms with van der Waals surface area (Å²) in [7, 11) is 1.68. The van der Waals surface area contributed by atoms with Gasteiger partial charge in [0.25, 0.3) is 0 Å². The fourth-order valence-electron chi connectivity index (χ4n) is 1.61. The van der Waals surface area contributed by atoms with Gasteiger partial charge in [0.15, 0.2) is 0 Å². The number of nitrogens with one attached hydrogen (secondary N) is 1. The molecule has 1 rings (SSSR count). The fourth-order valence-corrected chi connectivity index (χ4v) is 1.61. The lowest BCUT2D eigenvalue weighted by Crippen LogP contribution is -2.15. The van der Waals surface area contributed by atoms with E-state index in [1.165, 1.54) is 0 Å². The van der Waals surface area contributed by atoms with E-state index in [4.69, 9.17) is 9.47 Å². The minimum Gasteiger partial charge on any atom is -0.497 e. The molecular weight excluding hydrogens is 226 g/mol. The van der Waals surface area contributed by atoms with E-state index in [0.29, 0.717) is 6.61 Å². The van der Waals surface area contributed by atoms with E-state index in [-0.39, 0.29) is 0 Å². The summed E-state index contributed by atoms with van der Waals surface area (Å²) >= 11 is 0. The van der Waals surface area contributed by atoms with Crippen LogP contribution >= 0.6 is 0 Å². The van der Waals surface area contributed by atoms with Gasteiger partial charge < -0.3 is 14.8 Å². The van der Waals surface area contributed by atoms with E-state index < -0.39 is 0 Å². The molecule has 0 unspecified atom stereocenters. The lowest BCUT2D eigenvalue weighted by molar-refractivity contribution is 0.319. The van der Waals surface area contributed by atoms with Crippen LogP contribution in [0.1, 0.15) is 25.3 Å². The second-order valence-corrected chi connectivity index (χ2v) is 4.08. The summed E-state index contributed by atoms with van der Waals surface area (Å²) in [5, 5.41) is 3.38. The molecule has 0 aliphatic carbocycles. The number of ether oxygens (including phenoxy) is 2. The molecule has 18 heavy (non-hydrogen) atoms. The maximum absolute atomic E-state index is 5.74. The maximum Gasteiger partial charge on any atom is 0.124 e. The van der Waals surface area contributed by atoms with Crippen LogP contribution < -0.4 is 14.8 Å². The summed E-state index contributed by atoms with van der Waals surface area (Å²) in [4.78, 5) is 0. The van der Waals surface area contributed by atoms with Crippen molar-refractivity contribution < 1.29 is 9.47 Å². The van der Waals surface area contributed by atoms with E-state index in [9.17, 15) is 0 Å². The molecule has 0 saturated carbocycles. The molecular formula is C15H23NO2. The van der Waals surface area contributed by atoms with Gasteiger partial charge in [-0.15, -0.1) is 6.58 Å². The standard InChI is InChI=1S/C15H23NO2/c1-4-6-10-18-15-8-7-14(17-3)11-13(15)12-16-9-5-2/h4,7-8,11,16H,1,5-6,9-10,12H2,2-3H3. The van der Waals surface area contributed by atoms with E-state index >= 15 is 0 Å². The van der Waals surface area contributed by atoms with Crippen molar-refractivity contribution in [2.45, 2.75) is 26.3 Å². The molecule has 0 aromatic heterocycles. The Morgan fingerprint density at radius 1 is 1.39 bits per heavy atom. The normalized spacial score (nSPS) is 10.1. The number of benzene rings is 1. The Morgan fingerprint density at radius 3 is 2.89 bits per heavy atom. The van der Waals surface area contributed by atoms with Crippen LogP contribution in [0.4, 0.5) is 0 Å². The average Bonchev–Trinajstić information content (AvgIpc) is 2.40. The highest BCUT2D eigenvalue weighted by Gasteiger charge is 2.05. The van der Waals surface area contributed by atoms with Crippen molar-refractivity contribution in [1.82, 2.24) is 5.32 Å². The number of hydrogen-bond donors (Lipinski definition) is 1. The zero-order valence-electron chi connectivity index (χ0n) is 11.4. The summed E-state index contributed by atoms with van der Waals surface area (Å²) in [5.74, 6) is 1.78. The van der Waals surface area contributed by atoms with Crippen LogP contribution in [0.25, 0.3) is 0 Å². The molecule has 0 bridgehead atoms. The predicted molar refractivity (Wildman–Crippen MR) is 75.3 cm³/mol. The van der Waals surface area contributed by atoms with Gasteiger partial charge in [0, 0.05) is 12.1 Å². The lowest BCUT2D eigenvalue weighted by Gasteiger charge is -2.13. The summed E-state index contributed by atoms with van der Waals surface area (Å²) in [6.45, 7) is 8.31. The third kappa shape index (κ3) is 4.80. The first-order chi connectivity index (χ1) is 8.81. The first kappa shape index (κ1) is 14.6. The number of hydrogen-bond acceptors (Lipinski definition) is 3. The van der Waals surface area contributed by atoms with Crippen LogP contribution in [-0.4, -0.2) is 20.3 Å². The summed E-state index contributed by atoms with van der Waals surface area (Å²) in [6.07, 6.45) is 3.84. The van der Waals surface area contributed by atoms with E-state index in [2.05, 4.69) is 18.8 Å². The lowest BCUT2D eigenvalue weighted by atomic mass is 10.2. The Morgan fingerprint density at radius 2 is 2.22 bits per heavy atom. The van der Waals surface area contributed by atoms with E-state index in [1.54, 1.807) is 7.11 Å². The van der Waals surface area contributed by atoms with Crippen LogP contribution in [0.2, 0.25) is 0 Å². The second kappa shape index (κ2) is 8.59. The molecule has 100 valence electrons. The highest BCUT2D eigenvalue weighted by atomic mass is 16.5. The Kier molecular flexibility index (Phi) is 6.96. The third-order valence-corrected chi connectivity index (χ3v) is 2.59. The van der Waals surface area contributed by atoms with Crippen molar-refractivity contribution in [3.8, 4) is 11.5 Å². The SMILES string of the molecule is C=CCCOc1ccc(OC)cc1CNCCC. The molecule has 0 radical (unpaired) electrons. The molecule has 1 aromatic rings. The highest BCUT2D eigenvalue weighted by molar-refractivity contribution is 5.40. The quantitative estimate of drug-likeness (QED) is 0.538. The minimum atomic E-state index is 0.663. The Bertz CT molecular complexity index is 364. The molecule has 0 fully saturated rings. The first-order valence-corrected chi connectivity index (χ1v) is 6.43. The van der Waals surface area contributed by atoms with Crippen LogP contribution in [0.15, 0.2) is 30.9 Å². The summed E-state index contributed by atoms with van der Waals surface area (Å²) < 4.78 is 11.0. The van der Waals surface area contributed by atoms with Gasteiger partial charge >= 0.3 is 0 Å². The van der Waals surface area contributed by atoms with Gasteiger partial charge in [-0.3, -0.25) is 0 Å². The Hall–Kier alpha value is -1.48.